The van der Waals surface area contributed by atoms with Crippen molar-refractivity contribution >= 4 is 33.9 Å². The van der Waals surface area contributed by atoms with E-state index in [4.69, 9.17) is 0 Å². The second kappa shape index (κ2) is 9.53. The molecule has 0 spiro atoms. The summed E-state index contributed by atoms with van der Waals surface area (Å²) in [6, 6.07) is 7.57. The van der Waals surface area contributed by atoms with Crippen molar-refractivity contribution < 1.29 is 19.3 Å². The van der Waals surface area contributed by atoms with E-state index in [0.717, 1.165) is 41.7 Å². The van der Waals surface area contributed by atoms with Crippen molar-refractivity contribution in [1.82, 2.24) is 4.90 Å². The quantitative estimate of drug-likeness (QED) is 0.660. The molecule has 0 bridgehead atoms. The predicted molar refractivity (Wildman–Crippen MR) is 120 cm³/mol. The average Bonchev–Trinajstić information content (AvgIpc) is 3.05. The monoisotopic (exact) mass is 428 g/mol. The fraction of sp³-hybridized carbons (Fsp3) is 0.435. The first-order valence-electron chi connectivity index (χ1n) is 10.3. The highest BCUT2D eigenvalue weighted by molar-refractivity contribution is 7.17. The van der Waals surface area contributed by atoms with Crippen LogP contribution in [0.2, 0.25) is 0 Å². The minimum atomic E-state index is -0.185. The van der Waals surface area contributed by atoms with Gasteiger partial charge in [-0.1, -0.05) is 29.8 Å². The number of anilines is 1. The minimum absolute atomic E-state index is 0.0258. The molecule has 1 aromatic carbocycles. The van der Waals surface area contributed by atoms with Gasteiger partial charge in [0.15, 0.2) is 18.9 Å². The smallest absolute Gasteiger partial charge is 0.280 e. The number of carbonyl (C=O) groups excluding carboxylic acids is 3. The summed E-state index contributed by atoms with van der Waals surface area (Å²) in [5.74, 6) is -0.245. The number of thiophene rings is 1. The van der Waals surface area contributed by atoms with Crippen molar-refractivity contribution in [3.8, 4) is 0 Å². The number of benzene rings is 1. The van der Waals surface area contributed by atoms with Gasteiger partial charge in [0.2, 0.25) is 0 Å². The van der Waals surface area contributed by atoms with Gasteiger partial charge in [-0.15, -0.1) is 11.3 Å². The molecule has 2 amide bonds. The van der Waals surface area contributed by atoms with Crippen LogP contribution in [-0.2, 0) is 22.4 Å². The predicted octanol–water partition coefficient (Wildman–Crippen LogP) is 1.71. The van der Waals surface area contributed by atoms with Crippen molar-refractivity contribution in [2.75, 3.05) is 39.5 Å². The zero-order valence-corrected chi connectivity index (χ0v) is 18.9. The van der Waals surface area contributed by atoms with Gasteiger partial charge in [0.25, 0.3) is 11.8 Å². The topological polar surface area (TPSA) is 70.9 Å². The molecular formula is C23H30N3O3S+. The standard InChI is InChI=1S/C23H29N3O3S/c1-15-9-11-16(12-10-15)22(29)21-17-7-5-6-8-18(17)30-23(21)24-19(27)13-26(4)14-20(28)25(2)3/h9-12H,5-8,13-14H2,1-4H3,(H,24,27)/p+1. The molecule has 1 unspecified atom stereocenters. The highest BCUT2D eigenvalue weighted by atomic mass is 32.1. The molecule has 2 aromatic rings. The fourth-order valence-corrected chi connectivity index (χ4v) is 4.97. The molecule has 1 heterocycles. The number of quaternary nitrogens is 1. The van der Waals surface area contributed by atoms with E-state index in [1.54, 1.807) is 14.1 Å². The van der Waals surface area contributed by atoms with E-state index < -0.39 is 0 Å². The molecule has 7 heteroatoms. The molecule has 1 atom stereocenters. The van der Waals surface area contributed by atoms with E-state index in [1.165, 1.54) is 21.1 Å². The van der Waals surface area contributed by atoms with Crippen LogP contribution in [0.3, 0.4) is 0 Å². The van der Waals surface area contributed by atoms with Crippen LogP contribution in [0, 0.1) is 6.92 Å². The number of hydrogen-bond donors (Lipinski definition) is 2. The number of likely N-dealkylation sites (N-methyl/N-ethyl adjacent to an activating group) is 2. The van der Waals surface area contributed by atoms with Crippen LogP contribution in [0.5, 0.6) is 0 Å². The molecule has 30 heavy (non-hydrogen) atoms. The lowest BCUT2D eigenvalue weighted by Gasteiger charge is -2.16. The molecule has 0 aliphatic heterocycles. The van der Waals surface area contributed by atoms with Gasteiger partial charge in [-0.25, -0.2) is 0 Å². The number of fused-ring (bicyclic) bond motifs is 1. The molecule has 2 N–H and O–H groups in total. The summed E-state index contributed by atoms with van der Waals surface area (Å²) in [4.78, 5) is 41.4. The summed E-state index contributed by atoms with van der Waals surface area (Å²) in [6.45, 7) is 2.41. The minimum Gasteiger partial charge on any atom is -0.344 e. The van der Waals surface area contributed by atoms with Crippen molar-refractivity contribution in [3.63, 3.8) is 0 Å². The summed E-state index contributed by atoms with van der Waals surface area (Å²) >= 11 is 1.53. The summed E-state index contributed by atoms with van der Waals surface area (Å²) in [7, 11) is 5.22. The van der Waals surface area contributed by atoms with Crippen LogP contribution < -0.4 is 10.2 Å². The van der Waals surface area contributed by atoms with Crippen molar-refractivity contribution in [1.29, 1.82) is 0 Å². The second-order valence-electron chi connectivity index (χ2n) is 8.26. The Balaban J connectivity index is 1.81. The van der Waals surface area contributed by atoms with Crippen LogP contribution in [0.15, 0.2) is 24.3 Å². The van der Waals surface area contributed by atoms with Gasteiger partial charge in [0.05, 0.1) is 12.6 Å². The van der Waals surface area contributed by atoms with E-state index in [2.05, 4.69) is 5.32 Å². The van der Waals surface area contributed by atoms with Crippen LogP contribution in [0.1, 0.15) is 44.8 Å². The number of aryl methyl sites for hydroxylation is 2. The zero-order chi connectivity index (χ0) is 21.8. The van der Waals surface area contributed by atoms with Crippen molar-refractivity contribution in [2.24, 2.45) is 0 Å². The highest BCUT2D eigenvalue weighted by Crippen LogP contribution is 2.39. The van der Waals surface area contributed by atoms with Crippen LogP contribution in [-0.4, -0.2) is 56.7 Å². The third kappa shape index (κ3) is 5.15. The summed E-state index contributed by atoms with van der Waals surface area (Å²) in [6.07, 6.45) is 3.99. The Hall–Kier alpha value is -2.51. The molecule has 1 aliphatic rings. The highest BCUT2D eigenvalue weighted by Gasteiger charge is 2.27. The number of ketones is 1. The Morgan fingerprint density at radius 1 is 1.07 bits per heavy atom. The van der Waals surface area contributed by atoms with E-state index in [9.17, 15) is 14.4 Å². The molecule has 0 saturated heterocycles. The number of nitrogens with zero attached hydrogens (tertiary/aromatic N) is 1. The van der Waals surface area contributed by atoms with Crippen molar-refractivity contribution in [2.45, 2.75) is 32.6 Å². The van der Waals surface area contributed by atoms with Gasteiger partial charge in [0.1, 0.15) is 5.00 Å². The van der Waals surface area contributed by atoms with Gasteiger partial charge < -0.3 is 15.1 Å². The Morgan fingerprint density at radius 2 is 1.73 bits per heavy atom. The summed E-state index contributed by atoms with van der Waals surface area (Å²) in [5.41, 5.74) is 3.48. The average molecular weight is 429 g/mol. The lowest BCUT2D eigenvalue weighted by Crippen LogP contribution is -3.11. The van der Waals surface area contributed by atoms with E-state index in [1.807, 2.05) is 38.2 Å². The largest absolute Gasteiger partial charge is 0.344 e. The molecule has 1 aromatic heterocycles. The maximum Gasteiger partial charge on any atom is 0.280 e. The van der Waals surface area contributed by atoms with Crippen LogP contribution in [0.25, 0.3) is 0 Å². The third-order valence-corrected chi connectivity index (χ3v) is 6.59. The fourth-order valence-electron chi connectivity index (χ4n) is 3.67. The lowest BCUT2D eigenvalue weighted by molar-refractivity contribution is -0.862. The summed E-state index contributed by atoms with van der Waals surface area (Å²) < 4.78 is 0. The Labute approximate surface area is 181 Å². The Bertz CT molecular complexity index is 947. The number of carbonyl (C=O) groups is 3. The molecule has 0 radical (unpaired) electrons. The molecule has 1 aliphatic carbocycles. The number of rotatable bonds is 7. The Kier molecular flexibility index (Phi) is 7.05. The van der Waals surface area contributed by atoms with E-state index in [0.29, 0.717) is 16.1 Å². The first kappa shape index (κ1) is 22.2. The van der Waals surface area contributed by atoms with E-state index in [-0.39, 0.29) is 30.7 Å². The van der Waals surface area contributed by atoms with Gasteiger partial charge in [-0.2, -0.15) is 0 Å². The number of amides is 2. The zero-order valence-electron chi connectivity index (χ0n) is 18.1. The molecule has 160 valence electrons. The summed E-state index contributed by atoms with van der Waals surface area (Å²) in [5, 5.41) is 3.62. The normalized spacial score (nSPS) is 14.0. The first-order chi connectivity index (χ1) is 14.3. The van der Waals surface area contributed by atoms with Crippen molar-refractivity contribution in [3.05, 3.63) is 51.4 Å². The van der Waals surface area contributed by atoms with Crippen LogP contribution in [0.4, 0.5) is 5.00 Å². The molecule has 0 saturated carbocycles. The number of nitrogens with one attached hydrogen (secondary N) is 2. The first-order valence-corrected chi connectivity index (χ1v) is 11.1. The Morgan fingerprint density at radius 3 is 2.40 bits per heavy atom. The third-order valence-electron chi connectivity index (χ3n) is 5.38. The van der Waals surface area contributed by atoms with Gasteiger partial charge >= 0.3 is 0 Å². The van der Waals surface area contributed by atoms with E-state index >= 15 is 0 Å². The maximum absolute atomic E-state index is 13.3. The molecule has 6 nitrogen and oxygen atoms in total. The second-order valence-corrected chi connectivity index (χ2v) is 9.36. The molecule has 0 fully saturated rings. The molecule has 3 rings (SSSR count). The van der Waals surface area contributed by atoms with Gasteiger partial charge in [-0.05, 0) is 38.2 Å². The maximum atomic E-state index is 13.3. The lowest BCUT2D eigenvalue weighted by atomic mass is 9.91. The van der Waals surface area contributed by atoms with Crippen LogP contribution >= 0.6 is 11.3 Å². The number of hydrogen-bond acceptors (Lipinski definition) is 4. The van der Waals surface area contributed by atoms with Gasteiger partial charge in [0, 0.05) is 24.5 Å². The van der Waals surface area contributed by atoms with Gasteiger partial charge in [-0.3, -0.25) is 14.4 Å². The molecular weight excluding hydrogens is 398 g/mol. The SMILES string of the molecule is Cc1ccc(C(=O)c2c(NC(=O)C[NH+](C)CC(=O)N(C)C)sc3c2CCCC3)cc1.